The molecule has 1 aromatic carbocycles. The van der Waals surface area contributed by atoms with Gasteiger partial charge < -0.3 is 4.52 Å². The second kappa shape index (κ2) is 4.98. The van der Waals surface area contributed by atoms with Crippen LogP contribution in [-0.4, -0.2) is 10.1 Å². The third-order valence-electron chi connectivity index (χ3n) is 2.08. The Morgan fingerprint density at radius 3 is 2.88 bits per heavy atom. The molecule has 0 spiro atoms. The first-order valence-electron chi connectivity index (χ1n) is 4.76. The molecule has 0 unspecified atom stereocenters. The molecule has 0 aliphatic rings. The summed E-state index contributed by atoms with van der Waals surface area (Å²) in [5.41, 5.74) is 0.285. The van der Waals surface area contributed by atoms with Crippen molar-refractivity contribution in [3.05, 3.63) is 47.1 Å². The number of nitrogens with zero attached hydrogens (tertiary/aromatic N) is 2. The van der Waals surface area contributed by atoms with Gasteiger partial charge in [0.15, 0.2) is 5.82 Å². The third-order valence-corrected chi connectivity index (χ3v) is 2.08. The molecule has 1 heterocycles. The van der Waals surface area contributed by atoms with E-state index in [2.05, 4.69) is 15.0 Å². The van der Waals surface area contributed by atoms with Crippen LogP contribution >= 0.6 is 0 Å². The summed E-state index contributed by atoms with van der Waals surface area (Å²) in [7, 11) is 0. The standard InChI is InChI=1S/C10H9F2N3O2/c11-7-2-1-6(8(12)4-7)3-9-14-10(5-16-13)17-15-9/h1-2,4H,3,5,13H2. The summed E-state index contributed by atoms with van der Waals surface area (Å²) in [5, 5.41) is 3.61. The quantitative estimate of drug-likeness (QED) is 0.817. The first-order chi connectivity index (χ1) is 8.19. The van der Waals surface area contributed by atoms with E-state index in [0.29, 0.717) is 0 Å². The second-order valence-corrected chi connectivity index (χ2v) is 3.33. The van der Waals surface area contributed by atoms with Gasteiger partial charge in [0.1, 0.15) is 18.2 Å². The fourth-order valence-corrected chi connectivity index (χ4v) is 1.33. The first kappa shape index (κ1) is 11.6. The lowest BCUT2D eigenvalue weighted by molar-refractivity contribution is 0.0995. The maximum atomic E-state index is 13.3. The lowest BCUT2D eigenvalue weighted by atomic mass is 10.1. The van der Waals surface area contributed by atoms with E-state index in [9.17, 15) is 8.78 Å². The van der Waals surface area contributed by atoms with Gasteiger partial charge in [-0.2, -0.15) is 4.98 Å². The third kappa shape index (κ3) is 2.83. The van der Waals surface area contributed by atoms with E-state index in [-0.39, 0.29) is 30.3 Å². The molecular formula is C10H9F2N3O2. The number of aromatic nitrogens is 2. The molecule has 2 rings (SSSR count). The Morgan fingerprint density at radius 2 is 2.18 bits per heavy atom. The lowest BCUT2D eigenvalue weighted by Gasteiger charge is -1.98. The average Bonchev–Trinajstić information content (AvgIpc) is 2.71. The molecule has 17 heavy (non-hydrogen) atoms. The Bertz CT molecular complexity index is 516. The van der Waals surface area contributed by atoms with Gasteiger partial charge in [0, 0.05) is 12.5 Å². The second-order valence-electron chi connectivity index (χ2n) is 3.33. The van der Waals surface area contributed by atoms with Crippen molar-refractivity contribution in [3.63, 3.8) is 0 Å². The highest BCUT2D eigenvalue weighted by Gasteiger charge is 2.10. The van der Waals surface area contributed by atoms with E-state index in [1.165, 1.54) is 12.1 Å². The van der Waals surface area contributed by atoms with E-state index in [1.807, 2.05) is 0 Å². The fourth-order valence-electron chi connectivity index (χ4n) is 1.33. The van der Waals surface area contributed by atoms with Crippen LogP contribution in [0.3, 0.4) is 0 Å². The summed E-state index contributed by atoms with van der Waals surface area (Å²) in [4.78, 5) is 8.23. The maximum absolute atomic E-state index is 13.3. The van der Waals surface area contributed by atoms with Crippen LogP contribution in [0.15, 0.2) is 22.7 Å². The zero-order valence-corrected chi connectivity index (χ0v) is 8.69. The SMILES string of the molecule is NOCc1nc(Cc2ccc(F)cc2F)no1. The number of halogens is 2. The Hall–Kier alpha value is -1.86. The van der Waals surface area contributed by atoms with Gasteiger partial charge in [-0.05, 0) is 11.6 Å². The smallest absolute Gasteiger partial charge is 0.254 e. The van der Waals surface area contributed by atoms with Crippen molar-refractivity contribution in [3.8, 4) is 0 Å². The lowest BCUT2D eigenvalue weighted by Crippen LogP contribution is -1.99. The van der Waals surface area contributed by atoms with Crippen LogP contribution in [0.5, 0.6) is 0 Å². The summed E-state index contributed by atoms with van der Waals surface area (Å²) >= 11 is 0. The Kier molecular flexibility index (Phi) is 3.40. The maximum Gasteiger partial charge on any atom is 0.254 e. The van der Waals surface area contributed by atoms with E-state index >= 15 is 0 Å². The first-order valence-corrected chi connectivity index (χ1v) is 4.76. The highest BCUT2D eigenvalue weighted by Crippen LogP contribution is 2.13. The number of hydrogen-bond acceptors (Lipinski definition) is 5. The minimum Gasteiger partial charge on any atom is -0.337 e. The summed E-state index contributed by atoms with van der Waals surface area (Å²) in [6.07, 6.45) is 0.111. The molecule has 0 amide bonds. The van der Waals surface area contributed by atoms with Gasteiger partial charge in [-0.1, -0.05) is 11.2 Å². The predicted octanol–water partition coefficient (Wildman–Crippen LogP) is 1.33. The van der Waals surface area contributed by atoms with Gasteiger partial charge >= 0.3 is 0 Å². The van der Waals surface area contributed by atoms with Crippen LogP contribution in [0, 0.1) is 11.6 Å². The van der Waals surface area contributed by atoms with E-state index in [1.54, 1.807) is 0 Å². The van der Waals surface area contributed by atoms with Crippen LogP contribution in [0.2, 0.25) is 0 Å². The molecule has 0 aliphatic carbocycles. The van der Waals surface area contributed by atoms with Crippen molar-refractivity contribution in [2.24, 2.45) is 5.90 Å². The number of rotatable bonds is 4. The molecular weight excluding hydrogens is 232 g/mol. The van der Waals surface area contributed by atoms with E-state index in [0.717, 1.165) is 6.07 Å². The van der Waals surface area contributed by atoms with Crippen molar-refractivity contribution in [2.45, 2.75) is 13.0 Å². The molecule has 0 bridgehead atoms. The average molecular weight is 241 g/mol. The van der Waals surface area contributed by atoms with Crippen molar-refractivity contribution >= 4 is 0 Å². The van der Waals surface area contributed by atoms with Crippen LogP contribution in [0.25, 0.3) is 0 Å². The molecule has 0 radical (unpaired) electrons. The Morgan fingerprint density at radius 1 is 1.35 bits per heavy atom. The molecule has 1 aromatic heterocycles. The number of benzene rings is 1. The normalized spacial score (nSPS) is 10.8. The van der Waals surface area contributed by atoms with Gasteiger partial charge in [0.2, 0.25) is 0 Å². The summed E-state index contributed by atoms with van der Waals surface area (Å²) in [5.74, 6) is 4.04. The Labute approximate surface area is 95.1 Å². The van der Waals surface area contributed by atoms with Crippen LogP contribution in [-0.2, 0) is 17.9 Å². The summed E-state index contributed by atoms with van der Waals surface area (Å²) < 4.78 is 30.8. The largest absolute Gasteiger partial charge is 0.337 e. The van der Waals surface area contributed by atoms with Crippen LogP contribution < -0.4 is 5.90 Å². The zero-order chi connectivity index (χ0) is 12.3. The molecule has 5 nitrogen and oxygen atoms in total. The molecule has 2 N–H and O–H groups in total. The fraction of sp³-hybridized carbons (Fsp3) is 0.200. The molecule has 0 saturated carbocycles. The molecule has 0 aliphatic heterocycles. The van der Waals surface area contributed by atoms with Gasteiger partial charge in [0.25, 0.3) is 5.89 Å². The summed E-state index contributed by atoms with van der Waals surface area (Å²) in [6, 6.07) is 3.31. The van der Waals surface area contributed by atoms with Crippen LogP contribution in [0.4, 0.5) is 8.78 Å². The Balaban J connectivity index is 2.13. The van der Waals surface area contributed by atoms with Crippen molar-refractivity contribution in [1.29, 1.82) is 0 Å². The molecule has 2 aromatic rings. The van der Waals surface area contributed by atoms with Gasteiger partial charge in [0.05, 0.1) is 0 Å². The van der Waals surface area contributed by atoms with Gasteiger partial charge in [-0.25, -0.2) is 14.7 Å². The van der Waals surface area contributed by atoms with Crippen molar-refractivity contribution in [2.75, 3.05) is 0 Å². The monoisotopic (exact) mass is 241 g/mol. The molecule has 7 heteroatoms. The van der Waals surface area contributed by atoms with Gasteiger partial charge in [-0.15, -0.1) is 0 Å². The van der Waals surface area contributed by atoms with Crippen LogP contribution in [0.1, 0.15) is 17.3 Å². The minimum atomic E-state index is -0.647. The highest BCUT2D eigenvalue weighted by molar-refractivity contribution is 5.21. The number of hydrogen-bond donors (Lipinski definition) is 1. The molecule has 0 saturated heterocycles. The highest BCUT2D eigenvalue weighted by atomic mass is 19.1. The van der Waals surface area contributed by atoms with Crippen molar-refractivity contribution in [1.82, 2.24) is 10.1 Å². The minimum absolute atomic E-state index is 0.0150. The topological polar surface area (TPSA) is 74.2 Å². The predicted molar refractivity (Wildman–Crippen MR) is 52.4 cm³/mol. The van der Waals surface area contributed by atoms with E-state index in [4.69, 9.17) is 10.4 Å². The van der Waals surface area contributed by atoms with Gasteiger partial charge in [-0.3, -0.25) is 4.84 Å². The molecule has 0 atom stereocenters. The number of nitrogens with two attached hydrogens (primary N) is 1. The summed E-state index contributed by atoms with van der Waals surface area (Å²) in [6.45, 7) is -0.0150. The molecule has 90 valence electrons. The molecule has 0 fully saturated rings. The van der Waals surface area contributed by atoms with Crippen molar-refractivity contribution < 1.29 is 18.1 Å². The van der Waals surface area contributed by atoms with E-state index < -0.39 is 11.6 Å². The zero-order valence-electron chi connectivity index (χ0n) is 8.69.